The average Bonchev–Trinajstić information content (AvgIpc) is 3.16. The lowest BCUT2D eigenvalue weighted by molar-refractivity contribution is -0.115. The third-order valence-electron chi connectivity index (χ3n) is 5.01. The summed E-state index contributed by atoms with van der Waals surface area (Å²) < 4.78 is 26.8. The van der Waals surface area contributed by atoms with E-state index in [1.165, 1.54) is 12.1 Å². The van der Waals surface area contributed by atoms with Gasteiger partial charge < -0.3 is 5.32 Å². The highest BCUT2D eigenvalue weighted by Crippen LogP contribution is 2.32. The van der Waals surface area contributed by atoms with E-state index in [4.69, 9.17) is 0 Å². The standard InChI is InChI=1S/C21H20FN3O2S/c1-13-4-3-5-19(14(13)2)25-21(17-11-28(27)12-18(17)24-25)23-20(26)10-15-6-8-16(22)9-7-15/h3-9H,10-12H2,1-2H3,(H,23,26). The van der Waals surface area contributed by atoms with Crippen molar-refractivity contribution in [2.75, 3.05) is 5.32 Å². The molecule has 2 aromatic carbocycles. The number of halogens is 1. The minimum Gasteiger partial charge on any atom is -0.310 e. The third kappa shape index (κ3) is 3.49. The second kappa shape index (κ2) is 7.31. The van der Waals surface area contributed by atoms with E-state index in [9.17, 15) is 13.4 Å². The first kappa shape index (κ1) is 18.6. The molecular weight excluding hydrogens is 377 g/mol. The fourth-order valence-corrected chi connectivity index (χ4v) is 4.62. The number of carbonyl (C=O) groups excluding carboxylic acids is 1. The van der Waals surface area contributed by atoms with Gasteiger partial charge in [0.05, 0.1) is 29.3 Å². The zero-order chi connectivity index (χ0) is 19.8. The molecule has 1 aliphatic rings. The molecule has 0 saturated heterocycles. The third-order valence-corrected chi connectivity index (χ3v) is 6.22. The monoisotopic (exact) mass is 397 g/mol. The highest BCUT2D eigenvalue weighted by Gasteiger charge is 2.28. The summed E-state index contributed by atoms with van der Waals surface area (Å²) in [5.74, 6) is 0.790. The minimum absolute atomic E-state index is 0.121. The largest absolute Gasteiger partial charge is 0.310 e. The van der Waals surface area contributed by atoms with Crippen LogP contribution in [0.3, 0.4) is 0 Å². The molecule has 1 atom stereocenters. The molecule has 1 aliphatic heterocycles. The number of amides is 1. The van der Waals surface area contributed by atoms with Gasteiger partial charge >= 0.3 is 0 Å². The lowest BCUT2D eigenvalue weighted by Gasteiger charge is -2.14. The summed E-state index contributed by atoms with van der Waals surface area (Å²) in [6.07, 6.45) is 0.121. The molecule has 1 N–H and O–H groups in total. The Kier molecular flexibility index (Phi) is 4.85. The van der Waals surface area contributed by atoms with Crippen molar-refractivity contribution < 1.29 is 13.4 Å². The Morgan fingerprint density at radius 2 is 1.93 bits per heavy atom. The smallest absolute Gasteiger partial charge is 0.229 e. The number of hydrogen-bond acceptors (Lipinski definition) is 3. The van der Waals surface area contributed by atoms with Gasteiger partial charge in [-0.2, -0.15) is 5.10 Å². The van der Waals surface area contributed by atoms with Crippen LogP contribution in [0, 0.1) is 19.7 Å². The molecule has 5 nitrogen and oxygen atoms in total. The van der Waals surface area contributed by atoms with E-state index in [1.807, 2.05) is 32.0 Å². The number of aryl methyl sites for hydroxylation is 1. The summed E-state index contributed by atoms with van der Waals surface area (Å²) in [6.45, 7) is 4.04. The molecule has 2 heterocycles. The lowest BCUT2D eigenvalue weighted by Crippen LogP contribution is -2.18. The number of rotatable bonds is 4. The van der Waals surface area contributed by atoms with Crippen LogP contribution < -0.4 is 5.32 Å². The molecule has 0 bridgehead atoms. The SMILES string of the molecule is Cc1cccc(-n2nc3c(c2NC(=O)Cc2ccc(F)cc2)CS(=O)C3)c1C. The molecule has 0 radical (unpaired) electrons. The van der Waals surface area contributed by atoms with Gasteiger partial charge in [-0.25, -0.2) is 9.07 Å². The minimum atomic E-state index is -0.997. The maximum atomic E-state index is 13.1. The first-order valence-corrected chi connectivity index (χ1v) is 10.5. The predicted octanol–water partition coefficient (Wildman–Crippen LogP) is 3.57. The van der Waals surface area contributed by atoms with Crippen LogP contribution in [0.4, 0.5) is 10.2 Å². The quantitative estimate of drug-likeness (QED) is 0.732. The van der Waals surface area contributed by atoms with E-state index in [0.29, 0.717) is 17.3 Å². The van der Waals surface area contributed by atoms with E-state index in [1.54, 1.807) is 16.8 Å². The maximum absolute atomic E-state index is 13.1. The highest BCUT2D eigenvalue weighted by atomic mass is 32.2. The van der Waals surface area contributed by atoms with Gasteiger partial charge in [-0.1, -0.05) is 24.3 Å². The van der Waals surface area contributed by atoms with Crippen LogP contribution in [0.2, 0.25) is 0 Å². The summed E-state index contributed by atoms with van der Waals surface area (Å²) in [4.78, 5) is 12.7. The van der Waals surface area contributed by atoms with Gasteiger partial charge in [0, 0.05) is 16.4 Å². The number of nitrogens with zero attached hydrogens (tertiary/aromatic N) is 2. The first-order chi connectivity index (χ1) is 13.4. The summed E-state index contributed by atoms with van der Waals surface area (Å²) in [7, 11) is -0.997. The van der Waals surface area contributed by atoms with Crippen LogP contribution >= 0.6 is 0 Å². The Morgan fingerprint density at radius 1 is 1.18 bits per heavy atom. The highest BCUT2D eigenvalue weighted by molar-refractivity contribution is 7.83. The number of hydrogen-bond donors (Lipinski definition) is 1. The number of benzene rings is 2. The summed E-state index contributed by atoms with van der Waals surface area (Å²) in [5, 5.41) is 7.60. The van der Waals surface area contributed by atoms with Crippen molar-refractivity contribution in [1.29, 1.82) is 0 Å². The van der Waals surface area contributed by atoms with E-state index in [2.05, 4.69) is 10.4 Å². The van der Waals surface area contributed by atoms with Crippen molar-refractivity contribution in [1.82, 2.24) is 9.78 Å². The zero-order valence-electron chi connectivity index (χ0n) is 15.7. The summed E-state index contributed by atoms with van der Waals surface area (Å²) in [5.41, 5.74) is 5.39. The van der Waals surface area contributed by atoms with Crippen molar-refractivity contribution in [3.8, 4) is 5.69 Å². The second-order valence-corrected chi connectivity index (χ2v) is 8.44. The molecule has 4 rings (SSSR count). The number of aromatic nitrogens is 2. The molecule has 0 aliphatic carbocycles. The molecular formula is C21H20FN3O2S. The van der Waals surface area contributed by atoms with Crippen LogP contribution in [0.25, 0.3) is 5.69 Å². The molecule has 1 aromatic heterocycles. The van der Waals surface area contributed by atoms with E-state index >= 15 is 0 Å². The normalized spacial score (nSPS) is 15.5. The Hall–Kier alpha value is -2.80. The van der Waals surface area contributed by atoms with E-state index in [-0.39, 0.29) is 18.1 Å². The van der Waals surface area contributed by atoms with Crippen molar-refractivity contribution >= 4 is 22.5 Å². The molecule has 28 heavy (non-hydrogen) atoms. The Balaban J connectivity index is 1.69. The van der Waals surface area contributed by atoms with Gasteiger partial charge in [0.2, 0.25) is 5.91 Å². The van der Waals surface area contributed by atoms with Crippen molar-refractivity contribution in [3.63, 3.8) is 0 Å². The first-order valence-electron chi connectivity index (χ1n) is 8.99. The van der Waals surface area contributed by atoms with Gasteiger partial charge in [-0.15, -0.1) is 0 Å². The van der Waals surface area contributed by atoms with Gasteiger partial charge in [0.25, 0.3) is 0 Å². The van der Waals surface area contributed by atoms with Gasteiger partial charge in [0.1, 0.15) is 11.6 Å². The van der Waals surface area contributed by atoms with Gasteiger partial charge in [0.15, 0.2) is 0 Å². The Bertz CT molecular complexity index is 1090. The van der Waals surface area contributed by atoms with Crippen molar-refractivity contribution in [2.24, 2.45) is 0 Å². The fourth-order valence-electron chi connectivity index (χ4n) is 3.36. The van der Waals surface area contributed by atoms with Gasteiger partial charge in [-0.3, -0.25) is 9.00 Å². The Morgan fingerprint density at radius 3 is 2.68 bits per heavy atom. The molecule has 7 heteroatoms. The van der Waals surface area contributed by atoms with Crippen molar-refractivity contribution in [2.45, 2.75) is 31.8 Å². The van der Waals surface area contributed by atoms with Gasteiger partial charge in [-0.05, 0) is 48.7 Å². The second-order valence-electron chi connectivity index (χ2n) is 6.98. The molecule has 3 aromatic rings. The van der Waals surface area contributed by atoms with Crippen molar-refractivity contribution in [3.05, 3.63) is 76.2 Å². The molecule has 0 fully saturated rings. The number of nitrogens with one attached hydrogen (secondary N) is 1. The van der Waals surface area contributed by atoms with Crippen LogP contribution in [0.1, 0.15) is 27.9 Å². The number of carbonyl (C=O) groups is 1. The fraction of sp³-hybridized carbons (Fsp3) is 0.238. The van der Waals surface area contributed by atoms with Crippen LogP contribution in [0.5, 0.6) is 0 Å². The predicted molar refractivity (Wildman–Crippen MR) is 107 cm³/mol. The number of anilines is 1. The van der Waals surface area contributed by atoms with E-state index in [0.717, 1.165) is 33.6 Å². The summed E-state index contributed by atoms with van der Waals surface area (Å²) in [6, 6.07) is 11.8. The molecule has 0 spiro atoms. The topological polar surface area (TPSA) is 64.0 Å². The summed E-state index contributed by atoms with van der Waals surface area (Å²) >= 11 is 0. The lowest BCUT2D eigenvalue weighted by atomic mass is 10.1. The molecule has 1 amide bonds. The Labute approximate surface area is 165 Å². The van der Waals surface area contributed by atoms with Crippen LogP contribution in [-0.4, -0.2) is 19.9 Å². The van der Waals surface area contributed by atoms with Crippen LogP contribution in [0.15, 0.2) is 42.5 Å². The maximum Gasteiger partial charge on any atom is 0.229 e. The average molecular weight is 397 g/mol. The van der Waals surface area contributed by atoms with Crippen LogP contribution in [-0.2, 0) is 33.5 Å². The zero-order valence-corrected chi connectivity index (χ0v) is 16.5. The molecule has 0 saturated carbocycles. The molecule has 144 valence electrons. The molecule has 1 unspecified atom stereocenters. The van der Waals surface area contributed by atoms with E-state index < -0.39 is 10.8 Å². The number of fused-ring (bicyclic) bond motifs is 1.